The van der Waals surface area contributed by atoms with Crippen molar-refractivity contribution in [1.82, 2.24) is 0 Å². The molecule has 0 spiro atoms. The van der Waals surface area contributed by atoms with Gasteiger partial charge in [0.15, 0.2) is 0 Å². The van der Waals surface area contributed by atoms with Crippen LogP contribution in [0.25, 0.3) is 0 Å². The van der Waals surface area contributed by atoms with E-state index in [9.17, 15) is 4.79 Å². The van der Waals surface area contributed by atoms with Crippen LogP contribution in [0.1, 0.15) is 15.2 Å². The van der Waals surface area contributed by atoms with Crippen LogP contribution >= 0.6 is 22.9 Å². The fraction of sp³-hybridized carbons (Fsp3) is 0.0833. The zero-order valence-electron chi connectivity index (χ0n) is 9.07. The summed E-state index contributed by atoms with van der Waals surface area (Å²) in [6.07, 6.45) is 0. The number of hydrogen-bond donors (Lipinski definition) is 1. The van der Waals surface area contributed by atoms with E-state index in [2.05, 4.69) is 0 Å². The van der Waals surface area contributed by atoms with E-state index >= 15 is 0 Å². The van der Waals surface area contributed by atoms with Crippen molar-refractivity contribution in [2.24, 2.45) is 0 Å². The standard InChI is InChI=1S/C12H10ClNO2S/c1-16-10-2-3-17-12(10)11(15)7-4-8(13)6-9(14)5-7/h2-6H,14H2,1H3. The van der Waals surface area contributed by atoms with Gasteiger partial charge >= 0.3 is 0 Å². The van der Waals surface area contributed by atoms with E-state index in [0.29, 0.717) is 26.9 Å². The van der Waals surface area contributed by atoms with E-state index in [1.807, 2.05) is 0 Å². The molecule has 0 radical (unpaired) electrons. The number of methoxy groups -OCH3 is 1. The largest absolute Gasteiger partial charge is 0.495 e. The molecule has 2 rings (SSSR count). The molecule has 0 fully saturated rings. The van der Waals surface area contributed by atoms with Crippen LogP contribution in [0.4, 0.5) is 5.69 Å². The summed E-state index contributed by atoms with van der Waals surface area (Å²) in [6.45, 7) is 0. The summed E-state index contributed by atoms with van der Waals surface area (Å²) in [5.41, 5.74) is 6.59. The van der Waals surface area contributed by atoms with Gasteiger partial charge in [0.2, 0.25) is 5.78 Å². The van der Waals surface area contributed by atoms with Gasteiger partial charge < -0.3 is 10.5 Å². The summed E-state index contributed by atoms with van der Waals surface area (Å²) in [5, 5.41) is 2.25. The van der Waals surface area contributed by atoms with Gasteiger partial charge in [-0.05, 0) is 29.6 Å². The molecule has 1 heterocycles. The van der Waals surface area contributed by atoms with Gasteiger partial charge in [-0.3, -0.25) is 4.79 Å². The molecule has 0 aliphatic heterocycles. The number of nitrogens with two attached hydrogens (primary N) is 1. The van der Waals surface area contributed by atoms with E-state index in [4.69, 9.17) is 22.1 Å². The van der Waals surface area contributed by atoms with Crippen LogP contribution in [0, 0.1) is 0 Å². The fourth-order valence-electron chi connectivity index (χ4n) is 1.50. The topological polar surface area (TPSA) is 52.3 Å². The number of ether oxygens (including phenoxy) is 1. The van der Waals surface area contributed by atoms with Crippen LogP contribution < -0.4 is 10.5 Å². The molecule has 0 saturated heterocycles. The summed E-state index contributed by atoms with van der Waals surface area (Å²) < 4.78 is 5.11. The zero-order chi connectivity index (χ0) is 12.4. The Balaban J connectivity index is 2.43. The van der Waals surface area contributed by atoms with E-state index in [-0.39, 0.29) is 5.78 Å². The predicted molar refractivity (Wildman–Crippen MR) is 70.2 cm³/mol. The van der Waals surface area contributed by atoms with Crippen LogP contribution in [-0.4, -0.2) is 12.9 Å². The second kappa shape index (κ2) is 4.77. The zero-order valence-corrected chi connectivity index (χ0v) is 10.6. The molecule has 0 saturated carbocycles. The number of benzene rings is 1. The first-order valence-corrected chi connectivity index (χ1v) is 6.10. The summed E-state index contributed by atoms with van der Waals surface area (Å²) in [7, 11) is 1.53. The molecule has 88 valence electrons. The van der Waals surface area contributed by atoms with E-state index in [1.165, 1.54) is 18.4 Å². The van der Waals surface area contributed by atoms with Crippen molar-refractivity contribution in [3.8, 4) is 5.75 Å². The molecule has 0 aliphatic carbocycles. The van der Waals surface area contributed by atoms with Crippen LogP contribution in [0.2, 0.25) is 5.02 Å². The van der Waals surface area contributed by atoms with Crippen molar-refractivity contribution in [1.29, 1.82) is 0 Å². The summed E-state index contributed by atoms with van der Waals surface area (Å²) in [6, 6.07) is 6.56. The number of carbonyl (C=O) groups excluding carboxylic acids is 1. The second-order valence-corrected chi connectivity index (χ2v) is 4.77. The number of carbonyl (C=O) groups is 1. The van der Waals surface area contributed by atoms with Crippen molar-refractivity contribution in [2.45, 2.75) is 0 Å². The molecule has 5 heteroatoms. The number of nitrogen functional groups attached to an aromatic ring is 1. The smallest absolute Gasteiger partial charge is 0.206 e. The summed E-state index contributed by atoms with van der Waals surface area (Å²) in [4.78, 5) is 12.8. The van der Waals surface area contributed by atoms with Gasteiger partial charge in [-0.15, -0.1) is 11.3 Å². The van der Waals surface area contributed by atoms with Crippen molar-refractivity contribution < 1.29 is 9.53 Å². The molecule has 2 N–H and O–H groups in total. The third-order valence-electron chi connectivity index (χ3n) is 2.24. The first kappa shape index (κ1) is 12.0. The molecular formula is C12H10ClNO2S. The lowest BCUT2D eigenvalue weighted by Gasteiger charge is -2.04. The molecule has 3 nitrogen and oxygen atoms in total. The number of rotatable bonds is 3. The first-order chi connectivity index (χ1) is 8.11. The Hall–Kier alpha value is -1.52. The minimum Gasteiger partial charge on any atom is -0.495 e. The lowest BCUT2D eigenvalue weighted by atomic mass is 10.1. The van der Waals surface area contributed by atoms with Gasteiger partial charge in [0.1, 0.15) is 10.6 Å². The molecule has 2 aromatic rings. The average molecular weight is 268 g/mol. The maximum Gasteiger partial charge on any atom is 0.206 e. The monoisotopic (exact) mass is 267 g/mol. The Kier molecular flexibility index (Phi) is 3.36. The van der Waals surface area contributed by atoms with Crippen LogP contribution in [0.3, 0.4) is 0 Å². The van der Waals surface area contributed by atoms with Crippen LogP contribution in [0.5, 0.6) is 5.75 Å². The third kappa shape index (κ3) is 2.43. The summed E-state index contributed by atoms with van der Waals surface area (Å²) in [5.74, 6) is 0.435. The van der Waals surface area contributed by atoms with Crippen molar-refractivity contribution in [3.63, 3.8) is 0 Å². The maximum atomic E-state index is 12.2. The third-order valence-corrected chi connectivity index (χ3v) is 3.35. The SMILES string of the molecule is COc1ccsc1C(=O)c1cc(N)cc(Cl)c1. The molecular weight excluding hydrogens is 258 g/mol. The van der Waals surface area contributed by atoms with Gasteiger partial charge in [0, 0.05) is 16.3 Å². The summed E-state index contributed by atoms with van der Waals surface area (Å²) >= 11 is 7.20. The predicted octanol–water partition coefficient (Wildman–Crippen LogP) is 3.22. The first-order valence-electron chi connectivity index (χ1n) is 4.84. The number of anilines is 1. The Morgan fingerprint density at radius 1 is 1.41 bits per heavy atom. The highest BCUT2D eigenvalue weighted by molar-refractivity contribution is 7.12. The van der Waals surface area contributed by atoms with Crippen molar-refractivity contribution >= 4 is 34.4 Å². The highest BCUT2D eigenvalue weighted by Crippen LogP contribution is 2.28. The van der Waals surface area contributed by atoms with E-state index in [1.54, 1.807) is 29.6 Å². The molecule has 1 aromatic heterocycles. The van der Waals surface area contributed by atoms with Gasteiger partial charge in [0.05, 0.1) is 7.11 Å². The number of hydrogen-bond acceptors (Lipinski definition) is 4. The molecule has 0 atom stereocenters. The number of halogens is 1. The van der Waals surface area contributed by atoms with Gasteiger partial charge in [-0.2, -0.15) is 0 Å². The van der Waals surface area contributed by atoms with Gasteiger partial charge in [-0.1, -0.05) is 11.6 Å². The maximum absolute atomic E-state index is 12.2. The van der Waals surface area contributed by atoms with E-state index < -0.39 is 0 Å². The second-order valence-electron chi connectivity index (χ2n) is 3.42. The van der Waals surface area contributed by atoms with Gasteiger partial charge in [-0.25, -0.2) is 0 Å². The van der Waals surface area contributed by atoms with Crippen molar-refractivity contribution in [3.05, 3.63) is 45.1 Å². The van der Waals surface area contributed by atoms with Gasteiger partial charge in [0.25, 0.3) is 0 Å². The van der Waals surface area contributed by atoms with Crippen LogP contribution in [-0.2, 0) is 0 Å². The molecule has 0 bridgehead atoms. The lowest BCUT2D eigenvalue weighted by Crippen LogP contribution is -2.02. The molecule has 0 unspecified atom stereocenters. The minimum absolute atomic E-state index is 0.133. The highest BCUT2D eigenvalue weighted by Gasteiger charge is 2.16. The lowest BCUT2D eigenvalue weighted by molar-refractivity contribution is 0.104. The Morgan fingerprint density at radius 3 is 2.82 bits per heavy atom. The van der Waals surface area contributed by atoms with E-state index in [0.717, 1.165) is 0 Å². The fourth-order valence-corrected chi connectivity index (χ4v) is 2.56. The quantitative estimate of drug-likeness (QED) is 0.686. The molecule has 17 heavy (non-hydrogen) atoms. The van der Waals surface area contributed by atoms with Crippen molar-refractivity contribution in [2.75, 3.05) is 12.8 Å². The molecule has 0 aliphatic rings. The Morgan fingerprint density at radius 2 is 2.18 bits per heavy atom. The number of ketones is 1. The number of thiophene rings is 1. The Labute approximate surface area is 108 Å². The molecule has 0 amide bonds. The van der Waals surface area contributed by atoms with Crippen LogP contribution in [0.15, 0.2) is 29.6 Å². The highest BCUT2D eigenvalue weighted by atomic mass is 35.5. The minimum atomic E-state index is -0.133. The normalized spacial score (nSPS) is 10.2. The molecule has 1 aromatic carbocycles. The average Bonchev–Trinajstić information content (AvgIpc) is 2.74. The Bertz CT molecular complexity index is 545.